The molecule has 1 atom stereocenters. The maximum Gasteiger partial charge on any atom is 0.242 e. The number of likely N-dealkylation sites (tertiary alicyclic amines) is 1. The van der Waals surface area contributed by atoms with E-state index in [1.54, 1.807) is 0 Å². The van der Waals surface area contributed by atoms with Gasteiger partial charge in [0.2, 0.25) is 5.91 Å². The zero-order chi connectivity index (χ0) is 14.4. The van der Waals surface area contributed by atoms with E-state index in [-0.39, 0.29) is 5.91 Å². The second-order valence-electron chi connectivity index (χ2n) is 5.24. The van der Waals surface area contributed by atoms with Gasteiger partial charge in [-0.05, 0) is 57.4 Å². The van der Waals surface area contributed by atoms with E-state index in [2.05, 4.69) is 12.2 Å². The molecule has 20 heavy (non-hydrogen) atoms. The van der Waals surface area contributed by atoms with Gasteiger partial charge >= 0.3 is 0 Å². The molecule has 1 aliphatic rings. The Kier molecular flexibility index (Phi) is 5.27. The first-order valence-corrected chi connectivity index (χ1v) is 7.47. The van der Waals surface area contributed by atoms with E-state index in [0.29, 0.717) is 19.2 Å². The van der Waals surface area contributed by atoms with Crippen LogP contribution in [0.15, 0.2) is 24.3 Å². The van der Waals surface area contributed by atoms with Crippen molar-refractivity contribution in [3.8, 4) is 5.75 Å². The molecule has 1 aromatic rings. The topological polar surface area (TPSA) is 41.6 Å². The van der Waals surface area contributed by atoms with E-state index in [1.807, 2.05) is 36.1 Å². The lowest BCUT2D eigenvalue weighted by Crippen LogP contribution is -2.44. The van der Waals surface area contributed by atoms with Crippen LogP contribution in [0.5, 0.6) is 5.75 Å². The number of piperidine rings is 1. The van der Waals surface area contributed by atoms with E-state index in [9.17, 15) is 4.79 Å². The SMILES string of the molecule is CCOc1ccc(NCC(=O)N2CCCCC2C)cc1. The number of amides is 1. The minimum atomic E-state index is 0.186. The molecule has 0 spiro atoms. The van der Waals surface area contributed by atoms with Crippen LogP contribution in [-0.2, 0) is 4.79 Å². The number of ether oxygens (including phenoxy) is 1. The average molecular weight is 276 g/mol. The van der Waals surface area contributed by atoms with Crippen molar-refractivity contribution in [1.29, 1.82) is 0 Å². The van der Waals surface area contributed by atoms with Crippen LogP contribution in [0.4, 0.5) is 5.69 Å². The zero-order valence-corrected chi connectivity index (χ0v) is 12.4. The number of hydrogen-bond acceptors (Lipinski definition) is 3. The second-order valence-corrected chi connectivity index (χ2v) is 5.24. The van der Waals surface area contributed by atoms with Crippen molar-refractivity contribution in [3.05, 3.63) is 24.3 Å². The molecule has 4 nitrogen and oxygen atoms in total. The maximum atomic E-state index is 12.2. The maximum absolute atomic E-state index is 12.2. The lowest BCUT2D eigenvalue weighted by atomic mass is 10.0. The van der Waals surface area contributed by atoms with Crippen LogP contribution in [0.2, 0.25) is 0 Å². The van der Waals surface area contributed by atoms with Gasteiger partial charge in [0.25, 0.3) is 0 Å². The highest BCUT2D eigenvalue weighted by molar-refractivity contribution is 5.81. The number of rotatable bonds is 5. The molecule has 1 aliphatic heterocycles. The van der Waals surface area contributed by atoms with Gasteiger partial charge in [-0.25, -0.2) is 0 Å². The standard InChI is InChI=1S/C16H24N2O2/c1-3-20-15-9-7-14(8-10-15)17-12-16(19)18-11-5-4-6-13(18)2/h7-10,13,17H,3-6,11-12H2,1-2H3. The second kappa shape index (κ2) is 7.17. The Labute approximate surface area is 121 Å². The molecule has 0 saturated carbocycles. The third-order valence-electron chi connectivity index (χ3n) is 3.73. The molecular weight excluding hydrogens is 252 g/mol. The Morgan fingerprint density at radius 3 is 2.75 bits per heavy atom. The van der Waals surface area contributed by atoms with Gasteiger partial charge in [-0.3, -0.25) is 4.79 Å². The van der Waals surface area contributed by atoms with Crippen LogP contribution in [0.1, 0.15) is 33.1 Å². The van der Waals surface area contributed by atoms with Crippen LogP contribution < -0.4 is 10.1 Å². The fraction of sp³-hybridized carbons (Fsp3) is 0.562. The largest absolute Gasteiger partial charge is 0.494 e. The Morgan fingerprint density at radius 1 is 1.35 bits per heavy atom. The van der Waals surface area contributed by atoms with Crippen molar-refractivity contribution in [1.82, 2.24) is 4.90 Å². The first-order chi connectivity index (χ1) is 9.70. The highest BCUT2D eigenvalue weighted by Crippen LogP contribution is 2.18. The summed E-state index contributed by atoms with van der Waals surface area (Å²) in [7, 11) is 0. The molecule has 0 radical (unpaired) electrons. The lowest BCUT2D eigenvalue weighted by Gasteiger charge is -2.33. The summed E-state index contributed by atoms with van der Waals surface area (Å²) in [6.45, 7) is 6.01. The van der Waals surface area contributed by atoms with Gasteiger partial charge in [0.05, 0.1) is 13.2 Å². The molecule has 1 fully saturated rings. The van der Waals surface area contributed by atoms with Crippen molar-refractivity contribution in [2.45, 2.75) is 39.2 Å². The van der Waals surface area contributed by atoms with Crippen LogP contribution in [0.25, 0.3) is 0 Å². The van der Waals surface area contributed by atoms with Crippen molar-refractivity contribution in [2.24, 2.45) is 0 Å². The van der Waals surface area contributed by atoms with Crippen LogP contribution >= 0.6 is 0 Å². The first-order valence-electron chi connectivity index (χ1n) is 7.47. The Balaban J connectivity index is 1.83. The third-order valence-corrected chi connectivity index (χ3v) is 3.73. The summed E-state index contributed by atoms with van der Waals surface area (Å²) in [5, 5.41) is 3.18. The molecule has 1 amide bonds. The van der Waals surface area contributed by atoms with Gasteiger partial charge in [-0.1, -0.05) is 0 Å². The molecule has 1 heterocycles. The predicted octanol–water partition coefficient (Wildman–Crippen LogP) is 2.90. The molecule has 1 unspecified atom stereocenters. The first kappa shape index (κ1) is 14.7. The van der Waals surface area contributed by atoms with Gasteiger partial charge in [0.1, 0.15) is 5.75 Å². The molecule has 110 valence electrons. The van der Waals surface area contributed by atoms with E-state index in [1.165, 1.54) is 6.42 Å². The number of anilines is 1. The van der Waals surface area contributed by atoms with E-state index >= 15 is 0 Å². The fourth-order valence-corrected chi connectivity index (χ4v) is 2.58. The van der Waals surface area contributed by atoms with Crippen LogP contribution in [0, 0.1) is 0 Å². The van der Waals surface area contributed by atoms with Crippen molar-refractivity contribution >= 4 is 11.6 Å². The highest BCUT2D eigenvalue weighted by atomic mass is 16.5. The molecule has 1 N–H and O–H groups in total. The normalized spacial score (nSPS) is 18.7. The number of nitrogens with one attached hydrogen (secondary N) is 1. The summed E-state index contributed by atoms with van der Waals surface area (Å²) < 4.78 is 5.39. The molecule has 0 aliphatic carbocycles. The Bertz CT molecular complexity index is 431. The Morgan fingerprint density at radius 2 is 2.10 bits per heavy atom. The zero-order valence-electron chi connectivity index (χ0n) is 12.4. The summed E-state index contributed by atoms with van der Waals surface area (Å²) in [6, 6.07) is 8.09. The average Bonchev–Trinajstić information content (AvgIpc) is 2.47. The molecule has 1 saturated heterocycles. The summed E-state index contributed by atoms with van der Waals surface area (Å²) in [4.78, 5) is 14.2. The minimum absolute atomic E-state index is 0.186. The van der Waals surface area contributed by atoms with Gasteiger partial charge in [-0.2, -0.15) is 0 Å². The summed E-state index contributed by atoms with van der Waals surface area (Å²) in [6.07, 6.45) is 3.48. The molecule has 2 rings (SSSR count). The van der Waals surface area contributed by atoms with E-state index in [0.717, 1.165) is 30.8 Å². The van der Waals surface area contributed by atoms with Crippen molar-refractivity contribution in [2.75, 3.05) is 25.0 Å². The monoisotopic (exact) mass is 276 g/mol. The predicted molar refractivity (Wildman–Crippen MR) is 81.1 cm³/mol. The smallest absolute Gasteiger partial charge is 0.242 e. The number of benzene rings is 1. The number of carbonyl (C=O) groups excluding carboxylic acids is 1. The van der Waals surface area contributed by atoms with Crippen molar-refractivity contribution < 1.29 is 9.53 Å². The summed E-state index contributed by atoms with van der Waals surface area (Å²) in [5.74, 6) is 1.04. The molecule has 0 bridgehead atoms. The van der Waals surface area contributed by atoms with Crippen LogP contribution in [0.3, 0.4) is 0 Å². The van der Waals surface area contributed by atoms with Gasteiger partial charge < -0.3 is 15.0 Å². The van der Waals surface area contributed by atoms with Gasteiger partial charge in [0.15, 0.2) is 0 Å². The number of hydrogen-bond donors (Lipinski definition) is 1. The third kappa shape index (κ3) is 3.89. The van der Waals surface area contributed by atoms with Gasteiger partial charge in [0, 0.05) is 18.3 Å². The summed E-state index contributed by atoms with van der Waals surface area (Å²) in [5.41, 5.74) is 0.950. The molecule has 1 aromatic carbocycles. The quantitative estimate of drug-likeness (QED) is 0.899. The number of carbonyl (C=O) groups is 1. The minimum Gasteiger partial charge on any atom is -0.494 e. The van der Waals surface area contributed by atoms with Crippen LogP contribution in [-0.4, -0.2) is 36.5 Å². The lowest BCUT2D eigenvalue weighted by molar-refractivity contribution is -0.132. The summed E-state index contributed by atoms with van der Waals surface area (Å²) >= 11 is 0. The van der Waals surface area contributed by atoms with E-state index in [4.69, 9.17) is 4.74 Å². The van der Waals surface area contributed by atoms with E-state index < -0.39 is 0 Å². The molecular formula is C16H24N2O2. The molecule has 0 aromatic heterocycles. The molecule has 4 heteroatoms. The Hall–Kier alpha value is -1.71. The number of nitrogens with zero attached hydrogens (tertiary/aromatic N) is 1. The fourth-order valence-electron chi connectivity index (χ4n) is 2.58. The van der Waals surface area contributed by atoms with Crippen molar-refractivity contribution in [3.63, 3.8) is 0 Å². The highest BCUT2D eigenvalue weighted by Gasteiger charge is 2.22. The van der Waals surface area contributed by atoms with Gasteiger partial charge in [-0.15, -0.1) is 0 Å².